The van der Waals surface area contributed by atoms with Crippen molar-refractivity contribution in [1.82, 2.24) is 10.2 Å². The van der Waals surface area contributed by atoms with Crippen molar-refractivity contribution < 1.29 is 9.47 Å². The number of halogens is 1. The molecule has 0 radical (unpaired) electrons. The topological polar surface area (TPSA) is 46.1 Å². The molecular weight excluding hydrogens is 453 g/mol. The molecule has 0 aromatic heterocycles. The highest BCUT2D eigenvalue weighted by molar-refractivity contribution is 14.0. The van der Waals surface area contributed by atoms with Crippen LogP contribution in [0.25, 0.3) is 0 Å². The number of rotatable bonds is 9. The van der Waals surface area contributed by atoms with Crippen LogP contribution in [0.5, 0.6) is 5.75 Å². The van der Waals surface area contributed by atoms with E-state index in [9.17, 15) is 0 Å². The minimum atomic E-state index is 0. The third-order valence-electron chi connectivity index (χ3n) is 4.56. The number of guanidine groups is 1. The quantitative estimate of drug-likeness (QED) is 0.241. The van der Waals surface area contributed by atoms with Crippen molar-refractivity contribution in [1.29, 1.82) is 0 Å². The molecule has 0 aliphatic carbocycles. The summed E-state index contributed by atoms with van der Waals surface area (Å²) >= 11 is 0. The molecule has 6 heteroatoms. The molecule has 5 nitrogen and oxygen atoms in total. The normalized spacial score (nSPS) is 15.4. The van der Waals surface area contributed by atoms with Gasteiger partial charge in [0.25, 0.3) is 0 Å². The molecule has 1 aromatic rings. The molecular formula is C21H36IN3O2. The van der Waals surface area contributed by atoms with Crippen LogP contribution in [0.4, 0.5) is 0 Å². The first-order valence-electron chi connectivity index (χ1n) is 10.1. The summed E-state index contributed by atoms with van der Waals surface area (Å²) in [5.41, 5.74) is 1.18. The van der Waals surface area contributed by atoms with E-state index in [1.54, 1.807) is 0 Å². The number of likely N-dealkylation sites (tertiary alicyclic amines) is 1. The summed E-state index contributed by atoms with van der Waals surface area (Å²) < 4.78 is 11.6. The molecule has 1 fully saturated rings. The van der Waals surface area contributed by atoms with Crippen molar-refractivity contribution in [3.63, 3.8) is 0 Å². The average molecular weight is 489 g/mol. The molecule has 0 amide bonds. The van der Waals surface area contributed by atoms with Crippen LogP contribution < -0.4 is 10.1 Å². The summed E-state index contributed by atoms with van der Waals surface area (Å²) in [5, 5.41) is 3.43. The Morgan fingerprint density at radius 2 is 2.00 bits per heavy atom. The maximum atomic E-state index is 5.80. The molecule has 0 atom stereocenters. The number of unbranched alkanes of at least 4 members (excludes halogenated alkanes) is 1. The van der Waals surface area contributed by atoms with Gasteiger partial charge in [-0.1, -0.05) is 25.5 Å². The molecule has 1 aromatic carbocycles. The molecule has 1 N–H and O–H groups in total. The molecule has 27 heavy (non-hydrogen) atoms. The monoisotopic (exact) mass is 489 g/mol. The van der Waals surface area contributed by atoms with E-state index in [1.165, 1.54) is 5.56 Å². The Labute approximate surface area is 181 Å². The minimum absolute atomic E-state index is 0. The first-order chi connectivity index (χ1) is 12.8. The molecule has 0 unspecified atom stereocenters. The number of benzene rings is 1. The first kappa shape index (κ1) is 24.0. The zero-order valence-electron chi connectivity index (χ0n) is 17.1. The van der Waals surface area contributed by atoms with E-state index in [1.807, 2.05) is 12.1 Å². The fraction of sp³-hybridized carbons (Fsp3) is 0.667. The lowest BCUT2D eigenvalue weighted by Crippen LogP contribution is -2.47. The van der Waals surface area contributed by atoms with Gasteiger partial charge in [0.1, 0.15) is 5.75 Å². The van der Waals surface area contributed by atoms with Crippen LogP contribution in [0.1, 0.15) is 52.0 Å². The van der Waals surface area contributed by atoms with Crippen molar-refractivity contribution in [2.24, 2.45) is 4.99 Å². The van der Waals surface area contributed by atoms with Gasteiger partial charge in [-0.05, 0) is 50.8 Å². The van der Waals surface area contributed by atoms with Gasteiger partial charge in [0.05, 0.1) is 19.3 Å². The second-order valence-electron chi connectivity index (χ2n) is 6.66. The van der Waals surface area contributed by atoms with E-state index in [-0.39, 0.29) is 24.0 Å². The summed E-state index contributed by atoms with van der Waals surface area (Å²) in [4.78, 5) is 7.20. The minimum Gasteiger partial charge on any atom is -0.494 e. The summed E-state index contributed by atoms with van der Waals surface area (Å²) in [6, 6.07) is 8.28. The predicted octanol–water partition coefficient (Wildman–Crippen LogP) is 4.45. The third kappa shape index (κ3) is 8.68. The highest BCUT2D eigenvalue weighted by Gasteiger charge is 2.21. The van der Waals surface area contributed by atoms with E-state index in [2.05, 4.69) is 43.1 Å². The van der Waals surface area contributed by atoms with Gasteiger partial charge < -0.3 is 19.7 Å². The molecule has 0 bridgehead atoms. The lowest BCUT2D eigenvalue weighted by Gasteiger charge is -2.34. The Hall–Kier alpha value is -1.02. The smallest absolute Gasteiger partial charge is 0.194 e. The Morgan fingerprint density at radius 3 is 2.67 bits per heavy atom. The number of nitrogens with zero attached hydrogens (tertiary/aromatic N) is 2. The molecule has 154 valence electrons. The fourth-order valence-corrected chi connectivity index (χ4v) is 3.13. The van der Waals surface area contributed by atoms with Crippen LogP contribution >= 0.6 is 24.0 Å². The van der Waals surface area contributed by atoms with Crippen LogP contribution in [0.3, 0.4) is 0 Å². The van der Waals surface area contributed by atoms with Gasteiger partial charge >= 0.3 is 0 Å². The summed E-state index contributed by atoms with van der Waals surface area (Å²) in [6.07, 6.45) is 4.77. The molecule has 1 aliphatic heterocycles. The van der Waals surface area contributed by atoms with E-state index >= 15 is 0 Å². The number of ether oxygens (including phenoxy) is 2. The fourth-order valence-electron chi connectivity index (χ4n) is 3.13. The van der Waals surface area contributed by atoms with E-state index < -0.39 is 0 Å². The maximum Gasteiger partial charge on any atom is 0.194 e. The highest BCUT2D eigenvalue weighted by Crippen LogP contribution is 2.16. The van der Waals surface area contributed by atoms with Gasteiger partial charge in [-0.2, -0.15) is 0 Å². The second-order valence-corrected chi connectivity index (χ2v) is 6.66. The highest BCUT2D eigenvalue weighted by atomic mass is 127. The van der Waals surface area contributed by atoms with Crippen LogP contribution in [0, 0.1) is 0 Å². The Balaban J connectivity index is 0.00000364. The van der Waals surface area contributed by atoms with Gasteiger partial charge in [0.15, 0.2) is 5.96 Å². The van der Waals surface area contributed by atoms with Crippen LogP contribution in [0.2, 0.25) is 0 Å². The van der Waals surface area contributed by atoms with Crippen molar-refractivity contribution in [3.8, 4) is 5.75 Å². The Bertz CT molecular complexity index is 546. The van der Waals surface area contributed by atoms with Crippen LogP contribution in [-0.2, 0) is 11.3 Å². The predicted molar refractivity (Wildman–Crippen MR) is 123 cm³/mol. The van der Waals surface area contributed by atoms with Crippen molar-refractivity contribution in [3.05, 3.63) is 29.8 Å². The molecule has 0 saturated carbocycles. The number of hydrogen-bond acceptors (Lipinski definition) is 3. The molecule has 1 saturated heterocycles. The lowest BCUT2D eigenvalue weighted by atomic mass is 10.1. The number of hydrogen-bond donors (Lipinski definition) is 1. The Morgan fingerprint density at radius 1 is 1.22 bits per heavy atom. The van der Waals surface area contributed by atoms with Crippen molar-refractivity contribution in [2.75, 3.05) is 32.8 Å². The molecule has 1 aliphatic rings. The molecule has 0 spiro atoms. The second kappa shape index (κ2) is 14.0. The van der Waals surface area contributed by atoms with Gasteiger partial charge in [0.2, 0.25) is 0 Å². The van der Waals surface area contributed by atoms with E-state index in [4.69, 9.17) is 14.5 Å². The standard InChI is InChI=1S/C21H35N3O2.HI/c1-4-7-15-26-20-10-8-9-18(16-20)17-23-21(22-5-2)24-13-11-19(12-14-24)25-6-3;/h8-10,16,19H,4-7,11-15,17H2,1-3H3,(H,22,23);1H. The van der Waals surface area contributed by atoms with Gasteiger partial charge in [-0.25, -0.2) is 4.99 Å². The summed E-state index contributed by atoms with van der Waals surface area (Å²) in [7, 11) is 0. The summed E-state index contributed by atoms with van der Waals surface area (Å²) in [6.45, 7) is 11.5. The lowest BCUT2D eigenvalue weighted by molar-refractivity contribution is 0.0263. The van der Waals surface area contributed by atoms with Gasteiger partial charge in [0, 0.05) is 26.2 Å². The van der Waals surface area contributed by atoms with E-state index in [0.29, 0.717) is 12.6 Å². The average Bonchev–Trinajstić information content (AvgIpc) is 2.67. The summed E-state index contributed by atoms with van der Waals surface area (Å²) in [5.74, 6) is 1.94. The van der Waals surface area contributed by atoms with Crippen molar-refractivity contribution in [2.45, 2.75) is 59.1 Å². The first-order valence-corrected chi connectivity index (χ1v) is 10.1. The SMILES string of the molecule is CCCCOc1cccc(CN=C(NCC)N2CCC(OCC)CC2)c1.I. The van der Waals surface area contributed by atoms with Crippen LogP contribution in [-0.4, -0.2) is 49.8 Å². The van der Waals surface area contributed by atoms with Gasteiger partial charge in [-0.15, -0.1) is 24.0 Å². The van der Waals surface area contributed by atoms with Crippen LogP contribution in [0.15, 0.2) is 29.3 Å². The number of piperidine rings is 1. The Kier molecular flexibility index (Phi) is 12.5. The van der Waals surface area contributed by atoms with Crippen molar-refractivity contribution >= 4 is 29.9 Å². The van der Waals surface area contributed by atoms with Gasteiger partial charge in [-0.3, -0.25) is 0 Å². The molecule has 2 rings (SSSR count). The van der Waals surface area contributed by atoms with E-state index in [0.717, 1.165) is 70.2 Å². The number of nitrogens with one attached hydrogen (secondary N) is 1. The maximum absolute atomic E-state index is 5.80. The zero-order chi connectivity index (χ0) is 18.6. The molecule has 1 heterocycles. The zero-order valence-corrected chi connectivity index (χ0v) is 19.4. The third-order valence-corrected chi connectivity index (χ3v) is 4.56. The largest absolute Gasteiger partial charge is 0.494 e. The number of aliphatic imine (C=N–C) groups is 1.